The minimum absolute atomic E-state index is 0.0119. The summed E-state index contributed by atoms with van der Waals surface area (Å²) in [6.07, 6.45) is 0.954. The Kier molecular flexibility index (Phi) is 4.98. The third-order valence-electron chi connectivity index (χ3n) is 3.54. The highest BCUT2D eigenvalue weighted by Crippen LogP contribution is 2.22. The second kappa shape index (κ2) is 6.56. The van der Waals surface area contributed by atoms with Gasteiger partial charge in [-0.15, -0.1) is 0 Å². The highest BCUT2D eigenvalue weighted by atomic mass is 32.2. The van der Waals surface area contributed by atoms with Crippen molar-refractivity contribution in [2.24, 2.45) is 0 Å². The number of nitrogens with one attached hydrogen (secondary N) is 1. The normalized spacial score (nSPS) is 12.2. The number of likely N-dealkylation sites (N-methyl/N-ethyl adjacent to an activating group) is 1. The molecule has 0 unspecified atom stereocenters. The predicted molar refractivity (Wildman–Crippen MR) is 87.9 cm³/mol. The van der Waals surface area contributed by atoms with Crippen LogP contribution >= 0.6 is 0 Å². The Balaban J connectivity index is 2.39. The first-order valence-electron chi connectivity index (χ1n) is 6.98. The number of nitrogens with zero attached hydrogens (tertiary/aromatic N) is 1. The zero-order valence-electron chi connectivity index (χ0n) is 12.8. The summed E-state index contributed by atoms with van der Waals surface area (Å²) < 4.78 is 26.0. The summed E-state index contributed by atoms with van der Waals surface area (Å²) >= 11 is 0. The summed E-state index contributed by atoms with van der Waals surface area (Å²) in [7, 11) is 2.28. The number of fused-ring (bicyclic) bond motifs is 1. The molecule has 0 amide bonds. The molecule has 5 heteroatoms. The number of hydrogen-bond donors (Lipinski definition) is 1. The molecule has 0 saturated carbocycles. The smallest absolute Gasteiger partial charge is 0.215 e. The number of rotatable bonds is 6. The quantitative estimate of drug-likeness (QED) is 0.888. The van der Waals surface area contributed by atoms with Crippen LogP contribution in [-0.2, 0) is 22.2 Å². The second-order valence-electron chi connectivity index (χ2n) is 5.49. The van der Waals surface area contributed by atoms with E-state index in [4.69, 9.17) is 0 Å². The standard InChI is InChI=1S/C16H22N2O2S/c1-17-21(19,20)12-15-6-4-5-14-8-7-13(11-16(14)15)9-10-18(2)3/h4-8,11,17H,9-10,12H2,1-3H3. The van der Waals surface area contributed by atoms with E-state index in [0.717, 1.165) is 29.3 Å². The Morgan fingerprint density at radius 1 is 1.14 bits per heavy atom. The molecule has 0 saturated heterocycles. The Bertz CT molecular complexity index is 724. The van der Waals surface area contributed by atoms with Crippen LogP contribution in [0.3, 0.4) is 0 Å². The van der Waals surface area contributed by atoms with Gasteiger partial charge < -0.3 is 4.90 Å². The molecule has 0 fully saturated rings. The third-order valence-corrected chi connectivity index (χ3v) is 4.85. The maximum atomic E-state index is 11.8. The number of hydrogen-bond acceptors (Lipinski definition) is 3. The molecule has 0 heterocycles. The number of sulfonamides is 1. The van der Waals surface area contributed by atoms with E-state index in [1.807, 2.05) is 32.3 Å². The fourth-order valence-electron chi connectivity index (χ4n) is 2.30. The van der Waals surface area contributed by atoms with Crippen molar-refractivity contribution in [3.8, 4) is 0 Å². The molecule has 0 aliphatic rings. The van der Waals surface area contributed by atoms with Gasteiger partial charge in [-0.2, -0.15) is 0 Å². The zero-order chi connectivity index (χ0) is 15.5. The van der Waals surface area contributed by atoms with Crippen LogP contribution in [0.15, 0.2) is 36.4 Å². The highest BCUT2D eigenvalue weighted by Gasteiger charge is 2.11. The van der Waals surface area contributed by atoms with E-state index in [2.05, 4.69) is 27.8 Å². The minimum Gasteiger partial charge on any atom is -0.309 e. The van der Waals surface area contributed by atoms with Crippen LogP contribution in [0, 0.1) is 0 Å². The van der Waals surface area contributed by atoms with Gasteiger partial charge in [0.05, 0.1) is 5.75 Å². The zero-order valence-corrected chi connectivity index (χ0v) is 13.6. The summed E-state index contributed by atoms with van der Waals surface area (Å²) in [5.41, 5.74) is 2.07. The maximum absolute atomic E-state index is 11.8. The maximum Gasteiger partial charge on any atom is 0.215 e. The van der Waals surface area contributed by atoms with Crippen molar-refractivity contribution in [2.75, 3.05) is 27.7 Å². The van der Waals surface area contributed by atoms with Crippen LogP contribution in [-0.4, -0.2) is 41.0 Å². The van der Waals surface area contributed by atoms with Gasteiger partial charge in [0, 0.05) is 6.54 Å². The lowest BCUT2D eigenvalue weighted by atomic mass is 10.0. The van der Waals surface area contributed by atoms with E-state index in [0.29, 0.717) is 0 Å². The fraction of sp³-hybridized carbons (Fsp3) is 0.375. The van der Waals surface area contributed by atoms with Gasteiger partial charge in [0.25, 0.3) is 0 Å². The lowest BCUT2D eigenvalue weighted by molar-refractivity contribution is 0.414. The van der Waals surface area contributed by atoms with Crippen LogP contribution in [0.4, 0.5) is 0 Å². The van der Waals surface area contributed by atoms with Gasteiger partial charge in [-0.1, -0.05) is 36.4 Å². The van der Waals surface area contributed by atoms with Crippen molar-refractivity contribution in [3.63, 3.8) is 0 Å². The monoisotopic (exact) mass is 306 g/mol. The Labute approximate surface area is 126 Å². The molecule has 0 bridgehead atoms. The van der Waals surface area contributed by atoms with E-state index in [9.17, 15) is 8.42 Å². The van der Waals surface area contributed by atoms with Gasteiger partial charge in [-0.25, -0.2) is 13.1 Å². The SMILES string of the molecule is CNS(=O)(=O)Cc1cccc2ccc(CCN(C)C)cc12. The fourth-order valence-corrected chi connectivity index (χ4v) is 3.10. The lowest BCUT2D eigenvalue weighted by Crippen LogP contribution is -2.20. The molecule has 2 rings (SSSR count). The van der Waals surface area contributed by atoms with Crippen molar-refractivity contribution in [2.45, 2.75) is 12.2 Å². The molecular weight excluding hydrogens is 284 g/mol. The molecule has 0 radical (unpaired) electrons. The van der Waals surface area contributed by atoms with Crippen molar-refractivity contribution in [1.29, 1.82) is 0 Å². The molecule has 0 aliphatic heterocycles. The van der Waals surface area contributed by atoms with E-state index in [1.165, 1.54) is 12.6 Å². The largest absolute Gasteiger partial charge is 0.309 e. The molecule has 2 aromatic carbocycles. The van der Waals surface area contributed by atoms with Crippen LogP contribution in [0.1, 0.15) is 11.1 Å². The van der Waals surface area contributed by atoms with Gasteiger partial charge in [0.15, 0.2) is 0 Å². The van der Waals surface area contributed by atoms with Gasteiger partial charge >= 0.3 is 0 Å². The van der Waals surface area contributed by atoms with E-state index in [-0.39, 0.29) is 5.75 Å². The third kappa shape index (κ3) is 4.27. The van der Waals surface area contributed by atoms with Crippen LogP contribution < -0.4 is 4.72 Å². The molecule has 2 aromatic rings. The number of benzene rings is 2. The summed E-state index contributed by atoms with van der Waals surface area (Å²) in [6, 6.07) is 12.1. The predicted octanol–water partition coefficient (Wildman–Crippen LogP) is 1.99. The second-order valence-corrected chi connectivity index (χ2v) is 7.42. The first-order chi connectivity index (χ1) is 9.91. The first-order valence-corrected chi connectivity index (χ1v) is 8.63. The molecule has 0 atom stereocenters. The molecule has 21 heavy (non-hydrogen) atoms. The van der Waals surface area contributed by atoms with Crippen molar-refractivity contribution in [3.05, 3.63) is 47.5 Å². The summed E-state index contributed by atoms with van der Waals surface area (Å²) in [4.78, 5) is 2.14. The topological polar surface area (TPSA) is 49.4 Å². The Morgan fingerprint density at radius 2 is 1.90 bits per heavy atom. The average molecular weight is 306 g/mol. The van der Waals surface area contributed by atoms with Crippen molar-refractivity contribution < 1.29 is 8.42 Å². The van der Waals surface area contributed by atoms with E-state index >= 15 is 0 Å². The van der Waals surface area contributed by atoms with Gasteiger partial charge in [-0.05, 0) is 49.5 Å². The van der Waals surface area contributed by atoms with E-state index < -0.39 is 10.0 Å². The van der Waals surface area contributed by atoms with Gasteiger partial charge in [0.1, 0.15) is 0 Å². The molecule has 4 nitrogen and oxygen atoms in total. The Hall–Kier alpha value is -1.43. The lowest BCUT2D eigenvalue weighted by Gasteiger charge is -2.11. The minimum atomic E-state index is -3.26. The van der Waals surface area contributed by atoms with Crippen LogP contribution in [0.25, 0.3) is 10.8 Å². The Morgan fingerprint density at radius 3 is 2.57 bits per heavy atom. The molecule has 0 aromatic heterocycles. The molecule has 0 spiro atoms. The summed E-state index contributed by atoms with van der Waals surface area (Å²) in [5, 5.41) is 2.10. The van der Waals surface area contributed by atoms with Gasteiger partial charge in [-0.3, -0.25) is 0 Å². The summed E-state index contributed by atoms with van der Waals surface area (Å²) in [5.74, 6) is 0.0119. The first kappa shape index (κ1) is 15.9. The van der Waals surface area contributed by atoms with Crippen LogP contribution in [0.5, 0.6) is 0 Å². The summed E-state index contributed by atoms with van der Waals surface area (Å²) in [6.45, 7) is 0.975. The average Bonchev–Trinajstić information content (AvgIpc) is 2.45. The van der Waals surface area contributed by atoms with E-state index in [1.54, 1.807) is 0 Å². The van der Waals surface area contributed by atoms with Crippen molar-refractivity contribution in [1.82, 2.24) is 9.62 Å². The van der Waals surface area contributed by atoms with Crippen molar-refractivity contribution >= 4 is 20.8 Å². The molecule has 0 aliphatic carbocycles. The van der Waals surface area contributed by atoms with Gasteiger partial charge in [0.2, 0.25) is 10.0 Å². The molecule has 1 N–H and O–H groups in total. The molecular formula is C16H22N2O2S. The van der Waals surface area contributed by atoms with Crippen LogP contribution in [0.2, 0.25) is 0 Å². The highest BCUT2D eigenvalue weighted by molar-refractivity contribution is 7.88. The molecule has 114 valence electrons.